The van der Waals surface area contributed by atoms with Gasteiger partial charge in [0.1, 0.15) is 5.82 Å². The molecule has 0 aliphatic heterocycles. The van der Waals surface area contributed by atoms with E-state index in [4.69, 9.17) is 0 Å². The van der Waals surface area contributed by atoms with Crippen molar-refractivity contribution in [3.63, 3.8) is 0 Å². The molecule has 5 heteroatoms. The van der Waals surface area contributed by atoms with E-state index in [-0.39, 0.29) is 11.9 Å². The van der Waals surface area contributed by atoms with Crippen LogP contribution in [0, 0.1) is 5.82 Å². The van der Waals surface area contributed by atoms with Gasteiger partial charge >= 0.3 is 0 Å². The number of nitrogens with zero attached hydrogens (tertiary/aromatic N) is 2. The third-order valence-corrected chi connectivity index (χ3v) is 3.77. The maximum absolute atomic E-state index is 13.5. The molecule has 2 aromatic rings. The molecule has 1 aromatic heterocycles. The first-order chi connectivity index (χ1) is 8.61. The average molecular weight is 312 g/mol. The lowest BCUT2D eigenvalue weighted by atomic mass is 10.0. The summed E-state index contributed by atoms with van der Waals surface area (Å²) in [6.45, 7) is 0. The molecule has 1 heterocycles. The van der Waals surface area contributed by atoms with Crippen molar-refractivity contribution < 1.29 is 4.39 Å². The Labute approximate surface area is 114 Å². The van der Waals surface area contributed by atoms with E-state index in [0.717, 1.165) is 11.3 Å². The Morgan fingerprint density at radius 1 is 1.50 bits per heavy atom. The van der Waals surface area contributed by atoms with Gasteiger partial charge in [-0.25, -0.2) is 9.37 Å². The van der Waals surface area contributed by atoms with Gasteiger partial charge in [-0.15, -0.1) is 0 Å². The van der Waals surface area contributed by atoms with Gasteiger partial charge in [-0.05, 0) is 41.0 Å². The predicted molar refractivity (Wildman–Crippen MR) is 72.8 cm³/mol. The fourth-order valence-electron chi connectivity index (χ4n) is 1.89. The number of rotatable bonds is 4. The molecule has 0 saturated heterocycles. The highest BCUT2D eigenvalue weighted by Crippen LogP contribution is 2.25. The van der Waals surface area contributed by atoms with Gasteiger partial charge < -0.3 is 9.88 Å². The lowest BCUT2D eigenvalue weighted by Crippen LogP contribution is -2.19. The molecule has 0 bridgehead atoms. The first-order valence-electron chi connectivity index (χ1n) is 5.70. The molecule has 0 spiro atoms. The molecular formula is C13H15BrFN3. The molecule has 0 radical (unpaired) electrons. The van der Waals surface area contributed by atoms with Crippen molar-refractivity contribution in [3.8, 4) is 0 Å². The minimum absolute atomic E-state index is 0.0734. The monoisotopic (exact) mass is 311 g/mol. The van der Waals surface area contributed by atoms with Crippen molar-refractivity contribution in [2.24, 2.45) is 7.05 Å². The van der Waals surface area contributed by atoms with Crippen molar-refractivity contribution in [2.45, 2.75) is 12.5 Å². The minimum Gasteiger partial charge on any atom is -0.340 e. The molecule has 0 amide bonds. The van der Waals surface area contributed by atoms with E-state index in [1.165, 1.54) is 6.07 Å². The second kappa shape index (κ2) is 5.63. The summed E-state index contributed by atoms with van der Waals surface area (Å²) in [5.74, 6) is -0.233. The Balaban J connectivity index is 2.23. The number of benzene rings is 1. The number of aryl methyl sites for hydroxylation is 1. The lowest BCUT2D eigenvalue weighted by molar-refractivity contribution is 0.569. The van der Waals surface area contributed by atoms with Crippen LogP contribution in [0.2, 0.25) is 0 Å². The van der Waals surface area contributed by atoms with Crippen LogP contribution in [0.1, 0.15) is 17.3 Å². The zero-order chi connectivity index (χ0) is 13.1. The molecule has 1 N–H and O–H groups in total. The van der Waals surface area contributed by atoms with E-state index in [1.54, 1.807) is 12.4 Å². The van der Waals surface area contributed by atoms with Crippen molar-refractivity contribution in [2.75, 3.05) is 7.05 Å². The molecule has 0 aliphatic carbocycles. The van der Waals surface area contributed by atoms with E-state index in [1.807, 2.05) is 30.9 Å². The topological polar surface area (TPSA) is 29.9 Å². The van der Waals surface area contributed by atoms with Crippen LogP contribution < -0.4 is 5.32 Å². The second-order valence-electron chi connectivity index (χ2n) is 4.22. The molecule has 1 aromatic carbocycles. The number of hydrogen-bond donors (Lipinski definition) is 1. The number of nitrogens with one attached hydrogen (secondary N) is 1. The van der Waals surface area contributed by atoms with Crippen LogP contribution in [-0.2, 0) is 13.5 Å². The van der Waals surface area contributed by atoms with Gasteiger partial charge in [-0.1, -0.05) is 12.1 Å². The molecule has 1 atom stereocenters. The van der Waals surface area contributed by atoms with Gasteiger partial charge in [-0.2, -0.15) is 0 Å². The van der Waals surface area contributed by atoms with E-state index < -0.39 is 0 Å². The SMILES string of the molecule is CNC(Cc1cccc(F)c1Br)c1cn(C)cn1. The molecular weight excluding hydrogens is 297 g/mol. The molecule has 96 valence electrons. The fraction of sp³-hybridized carbons (Fsp3) is 0.308. The standard InChI is InChI=1S/C13H15BrFN3/c1-16-11(12-7-18(2)8-17-12)6-9-4-3-5-10(15)13(9)14/h3-5,7-8,11,16H,6H2,1-2H3. The van der Waals surface area contributed by atoms with Gasteiger partial charge in [0.15, 0.2) is 0 Å². The van der Waals surface area contributed by atoms with Gasteiger partial charge in [0.25, 0.3) is 0 Å². The summed E-state index contributed by atoms with van der Waals surface area (Å²) >= 11 is 3.29. The van der Waals surface area contributed by atoms with E-state index >= 15 is 0 Å². The van der Waals surface area contributed by atoms with Gasteiger partial charge in [0.05, 0.1) is 22.5 Å². The summed E-state index contributed by atoms with van der Waals surface area (Å²) in [7, 11) is 3.81. The third kappa shape index (κ3) is 2.79. The maximum Gasteiger partial charge on any atom is 0.137 e. The number of hydrogen-bond acceptors (Lipinski definition) is 2. The number of imidazole rings is 1. The number of halogens is 2. The molecule has 1 unspecified atom stereocenters. The summed E-state index contributed by atoms with van der Waals surface area (Å²) in [4.78, 5) is 4.33. The smallest absolute Gasteiger partial charge is 0.137 e. The van der Waals surface area contributed by atoms with E-state index in [9.17, 15) is 4.39 Å². The Morgan fingerprint density at radius 3 is 2.89 bits per heavy atom. The molecule has 0 saturated carbocycles. The molecule has 3 nitrogen and oxygen atoms in total. The summed E-state index contributed by atoms with van der Waals surface area (Å²) in [6.07, 6.45) is 4.42. The Hall–Kier alpha value is -1.20. The highest BCUT2D eigenvalue weighted by atomic mass is 79.9. The second-order valence-corrected chi connectivity index (χ2v) is 5.02. The Kier molecular flexibility index (Phi) is 4.14. The lowest BCUT2D eigenvalue weighted by Gasteiger charge is -2.15. The maximum atomic E-state index is 13.5. The highest BCUT2D eigenvalue weighted by molar-refractivity contribution is 9.10. The van der Waals surface area contributed by atoms with Crippen molar-refractivity contribution >= 4 is 15.9 Å². The van der Waals surface area contributed by atoms with Crippen LogP contribution in [0.15, 0.2) is 35.2 Å². The predicted octanol–water partition coefficient (Wildman–Crippen LogP) is 2.82. The van der Waals surface area contributed by atoms with Crippen molar-refractivity contribution in [1.29, 1.82) is 0 Å². The molecule has 0 fully saturated rings. The Bertz CT molecular complexity index is 539. The molecule has 0 aliphatic rings. The van der Waals surface area contributed by atoms with Crippen LogP contribution in [-0.4, -0.2) is 16.6 Å². The fourth-order valence-corrected chi connectivity index (χ4v) is 2.32. The summed E-state index contributed by atoms with van der Waals surface area (Å²) in [5.41, 5.74) is 1.89. The van der Waals surface area contributed by atoms with E-state index in [2.05, 4.69) is 26.2 Å². The first kappa shape index (κ1) is 13.2. The van der Waals surface area contributed by atoms with Gasteiger partial charge in [0.2, 0.25) is 0 Å². The van der Waals surface area contributed by atoms with Crippen molar-refractivity contribution in [1.82, 2.24) is 14.9 Å². The summed E-state index contributed by atoms with van der Waals surface area (Å²) in [6, 6.07) is 5.16. The van der Waals surface area contributed by atoms with Crippen molar-refractivity contribution in [3.05, 3.63) is 52.3 Å². The van der Waals surface area contributed by atoms with Gasteiger partial charge in [-0.3, -0.25) is 0 Å². The largest absolute Gasteiger partial charge is 0.340 e. The van der Waals surface area contributed by atoms with Crippen LogP contribution in [0.5, 0.6) is 0 Å². The van der Waals surface area contributed by atoms with Crippen LogP contribution >= 0.6 is 15.9 Å². The minimum atomic E-state index is -0.233. The zero-order valence-corrected chi connectivity index (χ0v) is 11.9. The average Bonchev–Trinajstić information content (AvgIpc) is 2.78. The summed E-state index contributed by atoms with van der Waals surface area (Å²) < 4.78 is 15.9. The first-order valence-corrected chi connectivity index (χ1v) is 6.49. The number of aromatic nitrogens is 2. The third-order valence-electron chi connectivity index (χ3n) is 2.89. The highest BCUT2D eigenvalue weighted by Gasteiger charge is 2.15. The van der Waals surface area contributed by atoms with Crippen LogP contribution in [0.4, 0.5) is 4.39 Å². The van der Waals surface area contributed by atoms with Crippen LogP contribution in [0.25, 0.3) is 0 Å². The number of likely N-dealkylation sites (N-methyl/N-ethyl adjacent to an activating group) is 1. The zero-order valence-electron chi connectivity index (χ0n) is 10.3. The molecule has 18 heavy (non-hydrogen) atoms. The van der Waals surface area contributed by atoms with Gasteiger partial charge in [0, 0.05) is 13.2 Å². The quantitative estimate of drug-likeness (QED) is 0.941. The normalized spacial score (nSPS) is 12.7. The van der Waals surface area contributed by atoms with Crippen LogP contribution in [0.3, 0.4) is 0 Å². The van der Waals surface area contributed by atoms with E-state index in [0.29, 0.717) is 10.9 Å². The Morgan fingerprint density at radius 2 is 2.28 bits per heavy atom. The summed E-state index contributed by atoms with van der Waals surface area (Å²) in [5, 5.41) is 3.21. The molecule has 2 rings (SSSR count).